The number of hydrogen-bond acceptors (Lipinski definition) is 4. The zero-order valence-corrected chi connectivity index (χ0v) is 30.0. The Hall–Kier alpha value is -2.38. The number of nitrogens with zero attached hydrogens (tertiary/aromatic N) is 2. The molecule has 0 bridgehead atoms. The molecule has 0 fully saturated rings. The van der Waals surface area contributed by atoms with Gasteiger partial charge in [-0.15, -0.1) is 0 Å². The summed E-state index contributed by atoms with van der Waals surface area (Å²) in [6.07, 6.45) is 12.0. The number of ether oxygens (including phenoxy) is 2. The van der Waals surface area contributed by atoms with Crippen LogP contribution < -0.4 is 13.1 Å². The average molecular weight is 738 g/mol. The van der Waals surface area contributed by atoms with Crippen LogP contribution in [0.25, 0.3) is 0 Å². The molecule has 0 aliphatic heterocycles. The van der Waals surface area contributed by atoms with Gasteiger partial charge in [0.2, 0.25) is 5.88 Å². The molecular weight excluding hydrogens is 691 g/mol. The minimum atomic E-state index is -2.36. The Morgan fingerprint density at radius 1 is 0.571 bits per heavy atom. The average Bonchev–Trinajstić information content (AvgIpc) is 3.05. The third-order valence-electron chi connectivity index (χ3n) is 7.53. The summed E-state index contributed by atoms with van der Waals surface area (Å²) >= 11 is 0.966. The third-order valence-corrected chi connectivity index (χ3v) is 23.6. The van der Waals surface area contributed by atoms with Crippen LogP contribution >= 0.6 is 15.9 Å². The van der Waals surface area contributed by atoms with Crippen molar-refractivity contribution < 1.29 is 9.47 Å². The number of benzene rings is 2. The molecule has 2 aromatic carbocycles. The Morgan fingerprint density at radius 3 is 1.40 bits per heavy atom. The van der Waals surface area contributed by atoms with Crippen molar-refractivity contribution in [1.82, 2.24) is 9.97 Å². The maximum atomic E-state index is 5.92. The van der Waals surface area contributed by atoms with Crippen LogP contribution in [0, 0.1) is 0 Å². The molecule has 0 radical (unpaired) electrons. The van der Waals surface area contributed by atoms with Crippen LogP contribution in [0.15, 0.2) is 102 Å². The molecule has 2 heterocycles. The number of unbranched alkanes of at least 4 members (excludes halogenated alkanes) is 3. The second kappa shape index (κ2) is 19.7. The fraction of sp³-hybridized carbons (Fsp3) is 0.389. The zero-order chi connectivity index (χ0) is 29.9. The summed E-state index contributed by atoms with van der Waals surface area (Å²) in [5, 5.41) is 0. The molecule has 4 aromatic rings. The predicted molar refractivity (Wildman–Crippen MR) is 182 cm³/mol. The summed E-state index contributed by atoms with van der Waals surface area (Å²) in [5.74, 6) is 1.39. The van der Waals surface area contributed by atoms with E-state index in [1.54, 1.807) is 9.78 Å². The zero-order valence-electron chi connectivity index (χ0n) is 25.6. The van der Waals surface area contributed by atoms with Gasteiger partial charge >= 0.3 is 171 Å². The molecule has 0 N–H and O–H groups in total. The van der Waals surface area contributed by atoms with Gasteiger partial charge in [0.05, 0.1) is 0 Å². The molecule has 42 heavy (non-hydrogen) atoms. The van der Waals surface area contributed by atoms with Crippen LogP contribution in [0.2, 0.25) is 13.3 Å². The number of pyridine rings is 2. The van der Waals surface area contributed by atoms with Gasteiger partial charge in [0.15, 0.2) is 0 Å². The van der Waals surface area contributed by atoms with Crippen molar-refractivity contribution in [3.8, 4) is 11.8 Å². The van der Waals surface area contributed by atoms with Crippen molar-refractivity contribution in [3.05, 3.63) is 113 Å². The van der Waals surface area contributed by atoms with Gasteiger partial charge in [0.1, 0.15) is 6.61 Å². The second-order valence-electron chi connectivity index (χ2n) is 10.8. The van der Waals surface area contributed by atoms with Crippen molar-refractivity contribution in [3.63, 3.8) is 0 Å². The molecule has 6 heteroatoms. The van der Waals surface area contributed by atoms with E-state index in [-0.39, 0.29) is 0 Å². The molecule has 0 amide bonds. The van der Waals surface area contributed by atoms with Gasteiger partial charge in [-0.3, -0.25) is 0 Å². The van der Waals surface area contributed by atoms with Gasteiger partial charge in [-0.05, 0) is 27.6 Å². The summed E-state index contributed by atoms with van der Waals surface area (Å²) < 4.78 is 18.5. The first-order valence-corrected chi connectivity index (χ1v) is 23.8. The Labute approximate surface area is 266 Å². The molecule has 2 aromatic heterocycles. The van der Waals surface area contributed by atoms with E-state index < -0.39 is 18.4 Å². The van der Waals surface area contributed by atoms with Crippen molar-refractivity contribution in [2.75, 3.05) is 0 Å². The van der Waals surface area contributed by atoms with E-state index in [9.17, 15) is 0 Å². The Kier molecular flexibility index (Phi) is 16.0. The van der Waals surface area contributed by atoms with E-state index in [2.05, 4.69) is 72.1 Å². The molecule has 224 valence electrons. The summed E-state index contributed by atoms with van der Waals surface area (Å²) in [7, 11) is 0. The standard InChI is InChI=1S/C12H10BrNO.C12H10NO.3C4H9.Sn/c13-11-6-7-12(14-8-11)15-9-10-4-2-1-3-5-10;1-2-6-11(7-3-1)10-14-12-8-4-5-9-13-12;3*1-3-4-2;/h1-8H,9H2;1-4,6-9H,10H2;3*1,3-4H2,2H3;. The van der Waals surface area contributed by atoms with Crippen molar-refractivity contribution in [2.24, 2.45) is 0 Å². The molecular formula is C36H47BrN2O2Sn. The van der Waals surface area contributed by atoms with E-state index in [0.29, 0.717) is 19.1 Å². The van der Waals surface area contributed by atoms with E-state index in [0.717, 1.165) is 15.9 Å². The first-order valence-electron chi connectivity index (χ1n) is 15.5. The van der Waals surface area contributed by atoms with Crippen LogP contribution in [0.4, 0.5) is 0 Å². The minimum absolute atomic E-state index is 0.551. The number of hydrogen-bond donors (Lipinski definition) is 0. The Balaban J connectivity index is 0.000000271. The van der Waals surface area contributed by atoms with Crippen molar-refractivity contribution >= 4 is 37.9 Å². The van der Waals surface area contributed by atoms with Crippen molar-refractivity contribution in [1.29, 1.82) is 0 Å². The topological polar surface area (TPSA) is 44.2 Å². The van der Waals surface area contributed by atoms with Crippen molar-refractivity contribution in [2.45, 2.75) is 85.8 Å². The molecule has 0 atom stereocenters. The van der Waals surface area contributed by atoms with Gasteiger partial charge in [0, 0.05) is 16.7 Å². The molecule has 0 saturated carbocycles. The SMILES string of the molecule is Brc1ccc(OCc2ccccc2)nc1.CCC[CH2][Sn]([CH2]CCC)([CH2]CCC)[c]1ccc(OCc2ccccc2)nc1. The number of halogens is 1. The quantitative estimate of drug-likeness (QED) is 0.107. The second-order valence-corrected chi connectivity index (χ2v) is 25.0. The van der Waals surface area contributed by atoms with Crippen LogP contribution in [-0.2, 0) is 13.2 Å². The molecule has 4 rings (SSSR count). The number of rotatable bonds is 16. The van der Waals surface area contributed by atoms with Gasteiger partial charge in [-0.1, -0.05) is 30.3 Å². The number of aromatic nitrogens is 2. The molecule has 0 saturated heterocycles. The molecule has 0 unspecified atom stereocenters. The van der Waals surface area contributed by atoms with E-state index in [4.69, 9.17) is 14.5 Å². The molecule has 0 aliphatic carbocycles. The molecule has 0 spiro atoms. The Bertz CT molecular complexity index is 1220. The Morgan fingerprint density at radius 2 is 1.02 bits per heavy atom. The fourth-order valence-electron chi connectivity index (χ4n) is 5.04. The third kappa shape index (κ3) is 12.1. The van der Waals surface area contributed by atoms with E-state index >= 15 is 0 Å². The van der Waals surface area contributed by atoms with Gasteiger partial charge in [-0.25, -0.2) is 4.98 Å². The summed E-state index contributed by atoms with van der Waals surface area (Å²) in [5.41, 5.74) is 2.33. The van der Waals surface area contributed by atoms with Crippen LogP contribution in [-0.4, -0.2) is 28.3 Å². The fourth-order valence-corrected chi connectivity index (χ4v) is 20.9. The normalized spacial score (nSPS) is 11.0. The van der Waals surface area contributed by atoms with E-state index in [1.807, 2.05) is 60.7 Å². The molecule has 0 aliphatic rings. The first-order chi connectivity index (χ1) is 20.6. The summed E-state index contributed by atoms with van der Waals surface area (Å²) in [4.78, 5) is 8.84. The molecule has 4 nitrogen and oxygen atoms in total. The first kappa shape index (κ1) is 34.1. The van der Waals surface area contributed by atoms with E-state index in [1.165, 1.54) is 57.4 Å². The summed E-state index contributed by atoms with van der Waals surface area (Å²) in [6, 6.07) is 28.6. The summed E-state index contributed by atoms with van der Waals surface area (Å²) in [6.45, 7) is 8.12. The van der Waals surface area contributed by atoms with Crippen LogP contribution in [0.3, 0.4) is 0 Å². The predicted octanol–water partition coefficient (Wildman–Crippen LogP) is 10.1. The van der Waals surface area contributed by atoms with Crippen LogP contribution in [0.1, 0.15) is 70.4 Å². The monoisotopic (exact) mass is 738 g/mol. The van der Waals surface area contributed by atoms with Gasteiger partial charge in [0.25, 0.3) is 0 Å². The van der Waals surface area contributed by atoms with Gasteiger partial charge in [-0.2, -0.15) is 0 Å². The maximum absolute atomic E-state index is 5.92. The van der Waals surface area contributed by atoms with Crippen LogP contribution in [0.5, 0.6) is 11.8 Å². The van der Waals surface area contributed by atoms with Gasteiger partial charge < -0.3 is 4.74 Å².